The Morgan fingerprint density at radius 2 is 1.83 bits per heavy atom. The van der Waals surface area contributed by atoms with Gasteiger partial charge < -0.3 is 4.57 Å². The van der Waals surface area contributed by atoms with Crippen molar-refractivity contribution in [1.82, 2.24) is 8.87 Å². The van der Waals surface area contributed by atoms with E-state index in [0.29, 0.717) is 0 Å². The van der Waals surface area contributed by atoms with Crippen molar-refractivity contribution in [2.75, 3.05) is 13.1 Å². The van der Waals surface area contributed by atoms with Crippen LogP contribution in [0.25, 0.3) is 0 Å². The molecule has 0 bridgehead atoms. The zero-order valence-corrected chi connectivity index (χ0v) is 15.8. The number of benzene rings is 1. The maximum absolute atomic E-state index is 4.16. The third-order valence-corrected chi connectivity index (χ3v) is 5.24. The van der Waals surface area contributed by atoms with E-state index in [9.17, 15) is 0 Å². The quantitative estimate of drug-likeness (QED) is 0.432. The van der Waals surface area contributed by atoms with Crippen LogP contribution in [0.3, 0.4) is 0 Å². The number of hydrogen-bond donors (Lipinski definition) is 0. The molecule has 0 atom stereocenters. The van der Waals surface area contributed by atoms with E-state index in [1.807, 2.05) is 6.07 Å². The molecule has 2 rings (SSSR count). The lowest BCUT2D eigenvalue weighted by Gasteiger charge is -2.17. The van der Waals surface area contributed by atoms with Gasteiger partial charge in [-0.3, -0.25) is 0 Å². The average Bonchev–Trinajstić information content (AvgIpc) is 2.58. The van der Waals surface area contributed by atoms with Crippen LogP contribution in [-0.2, 0) is 6.54 Å². The third kappa shape index (κ3) is 4.82. The van der Waals surface area contributed by atoms with Crippen molar-refractivity contribution in [2.45, 2.75) is 39.1 Å². The third-order valence-electron chi connectivity index (χ3n) is 4.01. The molecule has 0 N–H and O–H groups in total. The number of aryl methyl sites for hydroxylation is 2. The minimum Gasteiger partial charge on any atom is -0.326 e. The molecule has 0 radical (unpaired) electrons. The summed E-state index contributed by atoms with van der Waals surface area (Å²) in [5.74, 6) is 0. The lowest BCUT2D eigenvalue weighted by molar-refractivity contribution is 0.524. The minimum absolute atomic E-state index is 0.766. The molecule has 128 valence electrons. The van der Waals surface area contributed by atoms with Gasteiger partial charge in [0.2, 0.25) is 0 Å². The van der Waals surface area contributed by atoms with Gasteiger partial charge in [-0.1, -0.05) is 32.0 Å². The lowest BCUT2D eigenvalue weighted by atomic mass is 10.1. The summed E-state index contributed by atoms with van der Waals surface area (Å²) < 4.78 is 4.45. The fourth-order valence-corrected chi connectivity index (χ4v) is 3.32. The summed E-state index contributed by atoms with van der Waals surface area (Å²) in [4.78, 5) is 1.20. The van der Waals surface area contributed by atoms with Crippen LogP contribution in [0, 0.1) is 13.8 Å². The van der Waals surface area contributed by atoms with Crippen molar-refractivity contribution in [2.24, 2.45) is 10.2 Å². The van der Waals surface area contributed by atoms with Gasteiger partial charge in [-0.2, -0.15) is 5.10 Å². The number of aromatic nitrogens is 1. The first kappa shape index (κ1) is 18.5. The highest BCUT2D eigenvalue weighted by molar-refractivity contribution is 7.97. The van der Waals surface area contributed by atoms with Gasteiger partial charge in [0.25, 0.3) is 0 Å². The topological polar surface area (TPSA) is 32.9 Å². The van der Waals surface area contributed by atoms with Gasteiger partial charge >= 0.3 is 0 Å². The van der Waals surface area contributed by atoms with Crippen molar-refractivity contribution in [1.29, 1.82) is 0 Å². The van der Waals surface area contributed by atoms with E-state index in [0.717, 1.165) is 25.1 Å². The zero-order chi connectivity index (χ0) is 17.5. The van der Waals surface area contributed by atoms with E-state index in [2.05, 4.69) is 83.9 Å². The molecule has 0 aliphatic rings. The van der Waals surface area contributed by atoms with Gasteiger partial charge in [0.1, 0.15) is 0 Å². The van der Waals surface area contributed by atoms with E-state index in [1.54, 1.807) is 11.9 Å². The Balaban J connectivity index is 2.35. The Bertz CT molecular complexity index is 760. The van der Waals surface area contributed by atoms with E-state index >= 15 is 0 Å². The molecule has 2 aromatic rings. The summed E-state index contributed by atoms with van der Waals surface area (Å²) in [7, 11) is 0. The molecule has 1 aromatic heterocycles. The largest absolute Gasteiger partial charge is 0.326 e. The van der Waals surface area contributed by atoms with Crippen molar-refractivity contribution in [3.05, 3.63) is 58.7 Å². The molecule has 0 saturated carbocycles. The highest BCUT2D eigenvalue weighted by Gasteiger charge is 2.05. The predicted octanol–water partition coefficient (Wildman–Crippen LogP) is 4.02. The van der Waals surface area contributed by atoms with E-state index in [-0.39, 0.29) is 0 Å². The number of hydrogen-bond acceptors (Lipinski definition) is 4. The van der Waals surface area contributed by atoms with Crippen molar-refractivity contribution in [3.8, 4) is 0 Å². The van der Waals surface area contributed by atoms with E-state index in [1.165, 1.54) is 21.6 Å². The first-order valence-corrected chi connectivity index (χ1v) is 9.04. The van der Waals surface area contributed by atoms with Crippen LogP contribution in [0.1, 0.15) is 30.5 Å². The molecular formula is C19H26N4S. The Morgan fingerprint density at radius 3 is 2.46 bits per heavy atom. The van der Waals surface area contributed by atoms with Crippen LogP contribution < -0.4 is 5.49 Å². The van der Waals surface area contributed by atoms with Crippen LogP contribution in [-0.4, -0.2) is 28.7 Å². The Hall–Kier alpha value is -1.85. The second-order valence-corrected chi connectivity index (χ2v) is 6.89. The van der Waals surface area contributed by atoms with Crippen molar-refractivity contribution in [3.63, 3.8) is 0 Å². The average molecular weight is 343 g/mol. The Labute approximate surface area is 149 Å². The standard InChI is InChI=1S/C19H26N4S/c1-6-23(7-2)24-18-10-11-19(21-20-5)22(14-18)13-17-9-8-15(3)16(4)12-17/h8-12,14H,5-7,13H2,1-4H3/b21-19-. The van der Waals surface area contributed by atoms with Crippen LogP contribution in [0.15, 0.2) is 51.6 Å². The second-order valence-electron chi connectivity index (χ2n) is 5.72. The van der Waals surface area contributed by atoms with Gasteiger partial charge in [-0.05, 0) is 54.6 Å². The maximum Gasteiger partial charge on any atom is 0.155 e. The summed E-state index contributed by atoms with van der Waals surface area (Å²) >= 11 is 1.77. The zero-order valence-electron chi connectivity index (χ0n) is 15.0. The van der Waals surface area contributed by atoms with Gasteiger partial charge in [-0.15, -0.1) is 5.10 Å². The molecule has 0 saturated heterocycles. The molecular weight excluding hydrogens is 316 g/mol. The van der Waals surface area contributed by atoms with Crippen molar-refractivity contribution < 1.29 is 0 Å². The SMILES string of the molecule is C=N/N=c1/ccc(SN(CC)CC)cn1Cc1ccc(C)c(C)c1. The normalized spacial score (nSPS) is 12.0. The van der Waals surface area contributed by atoms with Crippen molar-refractivity contribution >= 4 is 18.7 Å². The summed E-state index contributed by atoms with van der Waals surface area (Å²) in [5.41, 5.74) is 4.69. The molecule has 0 fully saturated rings. The monoisotopic (exact) mass is 342 g/mol. The lowest BCUT2D eigenvalue weighted by Crippen LogP contribution is -2.21. The van der Waals surface area contributed by atoms with Gasteiger partial charge in [-0.25, -0.2) is 4.31 Å². The first-order chi connectivity index (χ1) is 11.6. The number of pyridine rings is 1. The van der Waals surface area contributed by atoms with Gasteiger partial charge in [0, 0.05) is 37.4 Å². The number of rotatable bonds is 7. The Kier molecular flexibility index (Phi) is 6.82. The van der Waals surface area contributed by atoms with E-state index in [4.69, 9.17) is 0 Å². The molecule has 24 heavy (non-hydrogen) atoms. The van der Waals surface area contributed by atoms with Crippen LogP contribution >= 0.6 is 11.9 Å². The van der Waals surface area contributed by atoms with Gasteiger partial charge in [0.05, 0.1) is 0 Å². The molecule has 1 aromatic carbocycles. The molecule has 0 aliphatic heterocycles. The van der Waals surface area contributed by atoms with Crippen LogP contribution in [0.5, 0.6) is 0 Å². The smallest absolute Gasteiger partial charge is 0.155 e. The summed E-state index contributed by atoms with van der Waals surface area (Å²) in [5, 5.41) is 7.86. The fraction of sp³-hybridized carbons (Fsp3) is 0.368. The van der Waals surface area contributed by atoms with Crippen LogP contribution in [0.2, 0.25) is 0 Å². The summed E-state index contributed by atoms with van der Waals surface area (Å²) in [6, 6.07) is 10.7. The molecule has 4 nitrogen and oxygen atoms in total. The second kappa shape index (κ2) is 8.85. The number of nitrogens with zero attached hydrogens (tertiary/aromatic N) is 4. The minimum atomic E-state index is 0.766. The van der Waals surface area contributed by atoms with Crippen LogP contribution in [0.4, 0.5) is 0 Å². The molecule has 1 heterocycles. The molecule has 0 unspecified atom stereocenters. The predicted molar refractivity (Wildman–Crippen MR) is 103 cm³/mol. The summed E-state index contributed by atoms with van der Waals surface area (Å²) in [6.07, 6.45) is 2.14. The first-order valence-electron chi connectivity index (χ1n) is 8.26. The molecule has 0 amide bonds. The highest BCUT2D eigenvalue weighted by Crippen LogP contribution is 2.21. The fourth-order valence-electron chi connectivity index (χ4n) is 2.46. The molecule has 5 heteroatoms. The molecule has 0 spiro atoms. The maximum atomic E-state index is 4.16. The van der Waals surface area contributed by atoms with E-state index < -0.39 is 0 Å². The highest BCUT2D eigenvalue weighted by atomic mass is 32.2. The molecule has 0 aliphatic carbocycles. The Morgan fingerprint density at radius 1 is 1.08 bits per heavy atom. The summed E-state index contributed by atoms with van der Waals surface area (Å²) in [6.45, 7) is 14.9. The van der Waals surface area contributed by atoms with Gasteiger partial charge in [0.15, 0.2) is 5.49 Å².